The molecular formula is C17H27N3. The SMILES string of the molecule is CCCC(CCC)c1nc2cc(CN)ccc2n1CC. The molecule has 1 aromatic carbocycles. The van der Waals surface area contributed by atoms with Crippen molar-refractivity contribution in [2.24, 2.45) is 5.73 Å². The number of aromatic nitrogens is 2. The van der Waals surface area contributed by atoms with Crippen molar-refractivity contribution >= 4 is 11.0 Å². The Hall–Kier alpha value is -1.35. The fourth-order valence-corrected chi connectivity index (χ4v) is 3.06. The minimum atomic E-state index is 0.581. The summed E-state index contributed by atoms with van der Waals surface area (Å²) < 4.78 is 2.38. The molecule has 1 heterocycles. The largest absolute Gasteiger partial charge is 0.328 e. The van der Waals surface area contributed by atoms with Gasteiger partial charge in [0.1, 0.15) is 5.82 Å². The summed E-state index contributed by atoms with van der Waals surface area (Å²) in [6.45, 7) is 8.29. The van der Waals surface area contributed by atoms with Gasteiger partial charge in [-0.25, -0.2) is 4.98 Å². The lowest BCUT2D eigenvalue weighted by Crippen LogP contribution is -2.08. The van der Waals surface area contributed by atoms with E-state index in [0.717, 1.165) is 17.6 Å². The number of imidazole rings is 1. The maximum atomic E-state index is 5.74. The zero-order valence-corrected chi connectivity index (χ0v) is 13.0. The highest BCUT2D eigenvalue weighted by molar-refractivity contribution is 5.77. The van der Waals surface area contributed by atoms with Crippen LogP contribution in [0.15, 0.2) is 18.2 Å². The van der Waals surface area contributed by atoms with Crippen molar-refractivity contribution < 1.29 is 0 Å². The number of hydrogen-bond donors (Lipinski definition) is 1. The predicted molar refractivity (Wildman–Crippen MR) is 85.9 cm³/mol. The van der Waals surface area contributed by atoms with Gasteiger partial charge in [0.05, 0.1) is 11.0 Å². The van der Waals surface area contributed by atoms with Crippen LogP contribution in [0.1, 0.15) is 63.8 Å². The average Bonchev–Trinajstić information content (AvgIpc) is 2.84. The molecule has 20 heavy (non-hydrogen) atoms. The topological polar surface area (TPSA) is 43.8 Å². The summed E-state index contributed by atoms with van der Waals surface area (Å²) in [6.07, 6.45) is 4.87. The standard InChI is InChI=1S/C17H27N3/c1-4-7-14(8-5-2)17-19-15-11-13(12-18)9-10-16(15)20(17)6-3/h9-11,14H,4-8,12,18H2,1-3H3. The van der Waals surface area contributed by atoms with E-state index in [1.807, 2.05) is 0 Å². The number of rotatable bonds is 7. The van der Waals surface area contributed by atoms with E-state index in [-0.39, 0.29) is 0 Å². The quantitative estimate of drug-likeness (QED) is 0.821. The molecule has 1 aromatic heterocycles. The Balaban J connectivity index is 2.50. The summed E-state index contributed by atoms with van der Waals surface area (Å²) in [5, 5.41) is 0. The third kappa shape index (κ3) is 2.88. The van der Waals surface area contributed by atoms with E-state index >= 15 is 0 Å². The van der Waals surface area contributed by atoms with E-state index in [4.69, 9.17) is 10.7 Å². The zero-order valence-electron chi connectivity index (χ0n) is 13.0. The van der Waals surface area contributed by atoms with Crippen LogP contribution in [0.3, 0.4) is 0 Å². The molecule has 0 radical (unpaired) electrons. The van der Waals surface area contributed by atoms with Crippen LogP contribution in [-0.2, 0) is 13.1 Å². The van der Waals surface area contributed by atoms with Gasteiger partial charge < -0.3 is 10.3 Å². The Bertz CT molecular complexity index is 551. The van der Waals surface area contributed by atoms with Gasteiger partial charge in [0.25, 0.3) is 0 Å². The number of nitrogens with zero attached hydrogens (tertiary/aromatic N) is 2. The van der Waals surface area contributed by atoms with E-state index in [0.29, 0.717) is 12.5 Å². The summed E-state index contributed by atoms with van der Waals surface area (Å²) in [6, 6.07) is 6.43. The van der Waals surface area contributed by atoms with Crippen molar-refractivity contribution in [3.8, 4) is 0 Å². The van der Waals surface area contributed by atoms with Crippen LogP contribution in [0.4, 0.5) is 0 Å². The summed E-state index contributed by atoms with van der Waals surface area (Å²) in [5.74, 6) is 1.85. The van der Waals surface area contributed by atoms with Crippen LogP contribution in [-0.4, -0.2) is 9.55 Å². The van der Waals surface area contributed by atoms with Gasteiger partial charge in [-0.1, -0.05) is 32.8 Å². The maximum absolute atomic E-state index is 5.74. The smallest absolute Gasteiger partial charge is 0.112 e. The molecule has 0 amide bonds. The van der Waals surface area contributed by atoms with E-state index in [2.05, 4.69) is 43.5 Å². The van der Waals surface area contributed by atoms with E-state index < -0.39 is 0 Å². The van der Waals surface area contributed by atoms with Crippen molar-refractivity contribution in [3.63, 3.8) is 0 Å². The van der Waals surface area contributed by atoms with E-state index in [1.165, 1.54) is 37.0 Å². The second-order valence-corrected chi connectivity index (χ2v) is 5.52. The monoisotopic (exact) mass is 273 g/mol. The first-order chi connectivity index (χ1) is 9.74. The Morgan fingerprint density at radius 2 is 1.85 bits per heavy atom. The fraction of sp³-hybridized carbons (Fsp3) is 0.588. The third-order valence-electron chi connectivity index (χ3n) is 4.03. The molecule has 0 saturated carbocycles. The van der Waals surface area contributed by atoms with Crippen molar-refractivity contribution in [3.05, 3.63) is 29.6 Å². The van der Waals surface area contributed by atoms with Gasteiger partial charge in [0.2, 0.25) is 0 Å². The molecule has 0 aliphatic carbocycles. The highest BCUT2D eigenvalue weighted by Gasteiger charge is 2.18. The van der Waals surface area contributed by atoms with Gasteiger partial charge in [0, 0.05) is 19.0 Å². The van der Waals surface area contributed by atoms with Crippen LogP contribution in [0.2, 0.25) is 0 Å². The second-order valence-electron chi connectivity index (χ2n) is 5.52. The highest BCUT2D eigenvalue weighted by Crippen LogP contribution is 2.29. The van der Waals surface area contributed by atoms with E-state index in [1.54, 1.807) is 0 Å². The summed E-state index contributed by atoms with van der Waals surface area (Å²) >= 11 is 0. The molecule has 0 atom stereocenters. The number of nitrogens with two attached hydrogens (primary N) is 1. The molecular weight excluding hydrogens is 246 g/mol. The average molecular weight is 273 g/mol. The lowest BCUT2D eigenvalue weighted by Gasteiger charge is -2.16. The van der Waals surface area contributed by atoms with Crippen LogP contribution >= 0.6 is 0 Å². The Morgan fingerprint density at radius 3 is 2.40 bits per heavy atom. The molecule has 2 rings (SSSR count). The molecule has 0 spiro atoms. The van der Waals surface area contributed by atoms with Gasteiger partial charge in [0.15, 0.2) is 0 Å². The molecule has 110 valence electrons. The van der Waals surface area contributed by atoms with Gasteiger partial charge in [-0.2, -0.15) is 0 Å². The Morgan fingerprint density at radius 1 is 1.15 bits per heavy atom. The lowest BCUT2D eigenvalue weighted by atomic mass is 9.97. The molecule has 0 bridgehead atoms. The van der Waals surface area contributed by atoms with Crippen molar-refractivity contribution in [1.82, 2.24) is 9.55 Å². The maximum Gasteiger partial charge on any atom is 0.112 e. The van der Waals surface area contributed by atoms with Gasteiger partial charge >= 0.3 is 0 Å². The number of fused-ring (bicyclic) bond motifs is 1. The van der Waals surface area contributed by atoms with Gasteiger partial charge in [-0.15, -0.1) is 0 Å². The van der Waals surface area contributed by atoms with E-state index in [9.17, 15) is 0 Å². The third-order valence-corrected chi connectivity index (χ3v) is 4.03. The Labute approximate surface area is 122 Å². The number of aryl methyl sites for hydroxylation is 1. The summed E-state index contributed by atoms with van der Waals surface area (Å²) in [4.78, 5) is 4.94. The van der Waals surface area contributed by atoms with Crippen molar-refractivity contribution in [1.29, 1.82) is 0 Å². The Kier molecular flexibility index (Phi) is 5.18. The minimum absolute atomic E-state index is 0.581. The molecule has 0 saturated heterocycles. The summed E-state index contributed by atoms with van der Waals surface area (Å²) in [5.41, 5.74) is 9.24. The minimum Gasteiger partial charge on any atom is -0.328 e. The normalized spacial score (nSPS) is 11.7. The molecule has 3 nitrogen and oxygen atoms in total. The fourth-order valence-electron chi connectivity index (χ4n) is 3.06. The predicted octanol–water partition coefficient (Wildman–Crippen LogP) is 4.20. The first-order valence-corrected chi connectivity index (χ1v) is 7.94. The molecule has 0 unspecified atom stereocenters. The van der Waals surface area contributed by atoms with Crippen LogP contribution in [0, 0.1) is 0 Å². The lowest BCUT2D eigenvalue weighted by molar-refractivity contribution is 0.511. The first-order valence-electron chi connectivity index (χ1n) is 7.94. The van der Waals surface area contributed by atoms with Gasteiger partial charge in [-0.05, 0) is 37.5 Å². The first kappa shape index (κ1) is 15.0. The zero-order chi connectivity index (χ0) is 14.5. The molecule has 0 aliphatic rings. The highest BCUT2D eigenvalue weighted by atomic mass is 15.1. The second kappa shape index (κ2) is 6.89. The molecule has 0 fully saturated rings. The molecule has 3 heteroatoms. The van der Waals surface area contributed by atoms with Crippen LogP contribution < -0.4 is 5.73 Å². The van der Waals surface area contributed by atoms with Crippen molar-refractivity contribution in [2.45, 2.75) is 65.5 Å². The molecule has 2 N–H and O–H groups in total. The number of benzene rings is 1. The number of hydrogen-bond acceptors (Lipinski definition) is 2. The molecule has 2 aromatic rings. The van der Waals surface area contributed by atoms with Crippen LogP contribution in [0.5, 0.6) is 0 Å². The summed E-state index contributed by atoms with van der Waals surface area (Å²) in [7, 11) is 0. The van der Waals surface area contributed by atoms with Crippen molar-refractivity contribution in [2.75, 3.05) is 0 Å². The van der Waals surface area contributed by atoms with Gasteiger partial charge in [-0.3, -0.25) is 0 Å². The van der Waals surface area contributed by atoms with Crippen LogP contribution in [0.25, 0.3) is 11.0 Å². The molecule has 0 aliphatic heterocycles.